The van der Waals surface area contributed by atoms with E-state index in [1.165, 1.54) is 0 Å². The largest absolute Gasteiger partial charge is 0.351 e. The summed E-state index contributed by atoms with van der Waals surface area (Å²) in [7, 11) is 0. The number of hydrogen-bond acceptors (Lipinski definition) is 3. The van der Waals surface area contributed by atoms with Crippen molar-refractivity contribution in [3.8, 4) is 0 Å². The average Bonchev–Trinajstić information content (AvgIpc) is 2.60. The number of amides is 2. The van der Waals surface area contributed by atoms with Crippen molar-refractivity contribution in [3.05, 3.63) is 65.2 Å². The monoisotopic (exact) mass is 375 g/mol. The summed E-state index contributed by atoms with van der Waals surface area (Å²) in [6, 6.07) is 14.3. The second kappa shape index (κ2) is 10.6. The van der Waals surface area contributed by atoms with Crippen molar-refractivity contribution in [1.29, 1.82) is 0 Å². The van der Waals surface area contributed by atoms with Gasteiger partial charge in [-0.25, -0.2) is 0 Å². The van der Waals surface area contributed by atoms with E-state index in [2.05, 4.69) is 10.6 Å². The highest BCUT2D eigenvalue weighted by molar-refractivity contribution is 6.04. The molecule has 0 saturated heterocycles. The first-order valence-corrected chi connectivity index (χ1v) is 8.50. The van der Waals surface area contributed by atoms with Crippen molar-refractivity contribution >= 4 is 29.9 Å². The number of anilines is 1. The number of benzene rings is 2. The van der Waals surface area contributed by atoms with Gasteiger partial charge in [-0.1, -0.05) is 43.2 Å². The van der Waals surface area contributed by atoms with Gasteiger partial charge in [-0.15, -0.1) is 12.4 Å². The minimum Gasteiger partial charge on any atom is -0.351 e. The van der Waals surface area contributed by atoms with Gasteiger partial charge >= 0.3 is 0 Å². The van der Waals surface area contributed by atoms with Crippen LogP contribution < -0.4 is 16.4 Å². The van der Waals surface area contributed by atoms with Crippen molar-refractivity contribution in [3.63, 3.8) is 0 Å². The van der Waals surface area contributed by atoms with Gasteiger partial charge in [-0.05, 0) is 43.2 Å². The van der Waals surface area contributed by atoms with Gasteiger partial charge in [0.1, 0.15) is 0 Å². The van der Waals surface area contributed by atoms with Crippen LogP contribution in [0.1, 0.15) is 41.3 Å². The second-order valence-electron chi connectivity index (χ2n) is 6.13. The average molecular weight is 376 g/mol. The van der Waals surface area contributed by atoms with Crippen LogP contribution in [0.3, 0.4) is 0 Å². The molecule has 140 valence electrons. The number of carbonyl (C=O) groups is 2. The molecule has 0 saturated carbocycles. The quantitative estimate of drug-likeness (QED) is 0.693. The van der Waals surface area contributed by atoms with Crippen LogP contribution >= 0.6 is 12.4 Å². The molecule has 0 radical (unpaired) electrons. The summed E-state index contributed by atoms with van der Waals surface area (Å²) in [5.74, 6) is -0.318. The number of halogens is 1. The van der Waals surface area contributed by atoms with Gasteiger partial charge in [0.15, 0.2) is 0 Å². The first-order chi connectivity index (χ1) is 12.0. The first-order valence-electron chi connectivity index (χ1n) is 8.50. The number of nitrogens with one attached hydrogen (secondary N) is 2. The Morgan fingerprint density at radius 3 is 2.46 bits per heavy atom. The summed E-state index contributed by atoms with van der Waals surface area (Å²) in [5.41, 5.74) is 9.10. The van der Waals surface area contributed by atoms with Gasteiger partial charge in [0.05, 0.1) is 6.04 Å². The zero-order valence-corrected chi connectivity index (χ0v) is 15.9. The minimum atomic E-state index is -0.477. The highest BCUT2D eigenvalue weighted by atomic mass is 35.5. The highest BCUT2D eigenvalue weighted by Gasteiger charge is 2.11. The van der Waals surface area contributed by atoms with E-state index in [1.54, 1.807) is 12.1 Å². The van der Waals surface area contributed by atoms with Crippen molar-refractivity contribution in [2.45, 2.75) is 39.3 Å². The molecule has 1 atom stereocenters. The minimum absolute atomic E-state index is 0. The Bertz CT molecular complexity index is 732. The lowest BCUT2D eigenvalue weighted by molar-refractivity contribution is -0.122. The van der Waals surface area contributed by atoms with Gasteiger partial charge in [0.25, 0.3) is 5.91 Å². The number of nitrogens with two attached hydrogens (primary N) is 1. The smallest absolute Gasteiger partial charge is 0.255 e. The third kappa shape index (κ3) is 6.50. The fourth-order valence-corrected chi connectivity index (χ4v) is 2.43. The van der Waals surface area contributed by atoms with Crippen LogP contribution in [0.15, 0.2) is 48.5 Å². The summed E-state index contributed by atoms with van der Waals surface area (Å²) in [5, 5.41) is 5.70. The van der Waals surface area contributed by atoms with Crippen molar-refractivity contribution < 1.29 is 9.59 Å². The molecule has 5 nitrogen and oxygen atoms in total. The molecule has 26 heavy (non-hydrogen) atoms. The number of carbonyl (C=O) groups excluding carboxylic acids is 2. The zero-order valence-electron chi connectivity index (χ0n) is 15.1. The number of aryl methyl sites for hydroxylation is 1. The standard InChI is InChI=1S/C20H25N3O2.ClH/c1-3-5-18(21)20(25)22-13-15-6-4-7-17(12-15)23-19(24)16-10-8-14(2)9-11-16;/h4,6-12,18H,3,5,13,21H2,1-2H3,(H,22,25)(H,23,24);1H. The summed E-state index contributed by atoms with van der Waals surface area (Å²) < 4.78 is 0. The number of rotatable bonds is 7. The molecule has 2 amide bonds. The van der Waals surface area contributed by atoms with Gasteiger partial charge in [-0.2, -0.15) is 0 Å². The molecule has 0 heterocycles. The topological polar surface area (TPSA) is 84.2 Å². The Hall–Kier alpha value is -2.37. The lowest BCUT2D eigenvalue weighted by Gasteiger charge is -2.12. The third-order valence-corrected chi connectivity index (χ3v) is 3.90. The van der Waals surface area contributed by atoms with Gasteiger partial charge < -0.3 is 16.4 Å². The molecular formula is C20H26ClN3O2. The van der Waals surface area contributed by atoms with Crippen LogP contribution in [0.25, 0.3) is 0 Å². The zero-order chi connectivity index (χ0) is 18.2. The van der Waals surface area contributed by atoms with Crippen LogP contribution in [-0.2, 0) is 11.3 Å². The molecular weight excluding hydrogens is 350 g/mol. The van der Waals surface area contributed by atoms with Crippen LogP contribution in [0.5, 0.6) is 0 Å². The number of hydrogen-bond donors (Lipinski definition) is 3. The molecule has 0 spiro atoms. The van der Waals surface area contributed by atoms with E-state index in [4.69, 9.17) is 5.73 Å². The summed E-state index contributed by atoms with van der Waals surface area (Å²) >= 11 is 0. The lowest BCUT2D eigenvalue weighted by Crippen LogP contribution is -2.40. The molecule has 1 unspecified atom stereocenters. The van der Waals surface area contributed by atoms with Crippen LogP contribution in [0.4, 0.5) is 5.69 Å². The molecule has 2 rings (SSSR count). The molecule has 0 aliphatic rings. The van der Waals surface area contributed by atoms with Crippen LogP contribution in [0.2, 0.25) is 0 Å². The second-order valence-corrected chi connectivity index (χ2v) is 6.13. The SMILES string of the molecule is CCCC(N)C(=O)NCc1cccc(NC(=O)c2ccc(C)cc2)c1.Cl. The molecule has 2 aromatic rings. The maximum Gasteiger partial charge on any atom is 0.255 e. The van der Waals surface area contributed by atoms with E-state index >= 15 is 0 Å². The van der Waals surface area contributed by atoms with E-state index in [0.29, 0.717) is 24.2 Å². The van der Waals surface area contributed by atoms with Crippen molar-refractivity contribution in [1.82, 2.24) is 5.32 Å². The molecule has 2 aromatic carbocycles. The lowest BCUT2D eigenvalue weighted by atomic mass is 10.1. The van der Waals surface area contributed by atoms with E-state index < -0.39 is 6.04 Å². The Balaban J connectivity index is 0.00000338. The molecule has 0 aliphatic heterocycles. The van der Waals surface area contributed by atoms with E-state index in [9.17, 15) is 9.59 Å². The van der Waals surface area contributed by atoms with Crippen molar-refractivity contribution in [2.24, 2.45) is 5.73 Å². The van der Waals surface area contributed by atoms with Gasteiger partial charge in [-0.3, -0.25) is 9.59 Å². The summed E-state index contributed by atoms with van der Waals surface area (Å²) in [6.45, 7) is 4.35. The van der Waals surface area contributed by atoms with E-state index in [0.717, 1.165) is 17.5 Å². The first kappa shape index (κ1) is 21.7. The Kier molecular flexibility index (Phi) is 8.82. The fraction of sp³-hybridized carbons (Fsp3) is 0.300. The summed E-state index contributed by atoms with van der Waals surface area (Å²) in [4.78, 5) is 24.1. The van der Waals surface area contributed by atoms with Crippen LogP contribution in [-0.4, -0.2) is 17.9 Å². The molecule has 4 N–H and O–H groups in total. The molecule has 0 aliphatic carbocycles. The summed E-state index contributed by atoms with van der Waals surface area (Å²) in [6.07, 6.45) is 1.54. The Morgan fingerprint density at radius 2 is 1.81 bits per heavy atom. The van der Waals surface area contributed by atoms with Crippen LogP contribution in [0, 0.1) is 6.92 Å². The van der Waals surface area contributed by atoms with E-state index in [-0.39, 0.29) is 24.2 Å². The fourth-order valence-electron chi connectivity index (χ4n) is 2.43. The normalized spacial score (nSPS) is 11.2. The molecule has 0 fully saturated rings. The van der Waals surface area contributed by atoms with Crippen molar-refractivity contribution in [2.75, 3.05) is 5.32 Å². The molecule has 0 bridgehead atoms. The highest BCUT2D eigenvalue weighted by Crippen LogP contribution is 2.13. The Morgan fingerprint density at radius 1 is 1.12 bits per heavy atom. The predicted octanol–water partition coefficient (Wildman–Crippen LogP) is 3.41. The maximum absolute atomic E-state index is 12.3. The molecule has 0 aromatic heterocycles. The molecule has 6 heteroatoms. The van der Waals surface area contributed by atoms with Gasteiger partial charge in [0.2, 0.25) is 5.91 Å². The maximum atomic E-state index is 12.3. The predicted molar refractivity (Wildman–Crippen MR) is 108 cm³/mol. The Labute approximate surface area is 160 Å². The third-order valence-electron chi connectivity index (χ3n) is 3.90. The van der Waals surface area contributed by atoms with Gasteiger partial charge in [0, 0.05) is 17.8 Å². The van der Waals surface area contributed by atoms with E-state index in [1.807, 2.05) is 50.2 Å².